The Balaban J connectivity index is 1.72. The van der Waals surface area contributed by atoms with Crippen LogP contribution < -0.4 is 14.2 Å². The van der Waals surface area contributed by atoms with Crippen LogP contribution in [-0.2, 0) is 31.1 Å². The number of esters is 3. The molecule has 0 saturated carbocycles. The van der Waals surface area contributed by atoms with Crippen molar-refractivity contribution in [3.05, 3.63) is 91.9 Å². The topological polar surface area (TPSA) is 105 Å². The monoisotopic (exact) mass is 732 g/mol. The van der Waals surface area contributed by atoms with Crippen LogP contribution in [0.5, 0.6) is 23.0 Å². The molecule has 1 spiro atoms. The molecular weight excluding hydrogens is 700 g/mol. The first-order valence-corrected chi connectivity index (χ1v) is 16.7. The Hall–Kier alpha value is -4.21. The lowest BCUT2D eigenvalue weighted by Crippen LogP contribution is -2.34. The van der Waals surface area contributed by atoms with Crippen molar-refractivity contribution in [3.63, 3.8) is 0 Å². The number of hydrogen-bond donors (Lipinski definition) is 0. The summed E-state index contributed by atoms with van der Waals surface area (Å²) >= 11 is 10.7. The second-order valence-corrected chi connectivity index (χ2v) is 15.5. The molecule has 0 bridgehead atoms. The molecular formula is C38H34BrClO8. The highest BCUT2D eigenvalue weighted by Gasteiger charge is 2.56. The van der Waals surface area contributed by atoms with Crippen molar-refractivity contribution in [3.8, 4) is 23.0 Å². The summed E-state index contributed by atoms with van der Waals surface area (Å²) in [6.07, 6.45) is 0.340. The standard InChI is InChI=1S/C38H34BrClO8/c1-19(41)12-13-20-16-26-32(30(40)31(20)47-35(44)37(5,6)7)45-28-18-27(46-34(43)36(2,3)4)22-10-8-9-11-23(22)29(28)38(26)25-17-21(39)14-15-24(25)33(42)48-38/h8-11,14-18H,12-13H2,1-7H3. The zero-order valence-corrected chi connectivity index (χ0v) is 30.0. The molecule has 0 aromatic heterocycles. The largest absolute Gasteiger partial charge is 0.455 e. The molecule has 0 fully saturated rings. The summed E-state index contributed by atoms with van der Waals surface area (Å²) in [5.41, 5.74) is -1.03. The van der Waals surface area contributed by atoms with E-state index >= 15 is 0 Å². The number of ketones is 1. The van der Waals surface area contributed by atoms with Crippen LogP contribution >= 0.6 is 27.5 Å². The molecule has 4 aromatic rings. The normalized spacial score (nSPS) is 16.5. The summed E-state index contributed by atoms with van der Waals surface area (Å²) in [7, 11) is 0. The number of fused-ring (bicyclic) bond motifs is 8. The number of aryl methyl sites for hydroxylation is 1. The number of halogens is 2. The van der Waals surface area contributed by atoms with Gasteiger partial charge < -0.3 is 23.7 Å². The molecule has 0 N–H and O–H groups in total. The van der Waals surface area contributed by atoms with Gasteiger partial charge in [0.05, 0.1) is 22.0 Å². The molecule has 6 rings (SSSR count). The molecule has 0 saturated heterocycles. The third-order valence-electron chi connectivity index (χ3n) is 8.36. The number of rotatable bonds is 5. The van der Waals surface area contributed by atoms with Gasteiger partial charge in [0.2, 0.25) is 0 Å². The van der Waals surface area contributed by atoms with Crippen molar-refractivity contribution in [1.82, 2.24) is 0 Å². The van der Waals surface area contributed by atoms with Crippen LogP contribution in [0, 0.1) is 10.8 Å². The maximum atomic E-state index is 13.7. The van der Waals surface area contributed by atoms with Crippen LogP contribution in [0.3, 0.4) is 0 Å². The molecule has 2 heterocycles. The van der Waals surface area contributed by atoms with Crippen LogP contribution in [-0.4, -0.2) is 23.7 Å². The third kappa shape index (κ3) is 5.56. The summed E-state index contributed by atoms with van der Waals surface area (Å²) in [6.45, 7) is 11.9. The predicted molar refractivity (Wildman–Crippen MR) is 184 cm³/mol. The zero-order valence-electron chi connectivity index (χ0n) is 27.6. The van der Waals surface area contributed by atoms with Crippen molar-refractivity contribution < 1.29 is 38.1 Å². The Kier molecular flexibility index (Phi) is 8.24. The number of hydrogen-bond acceptors (Lipinski definition) is 8. The second-order valence-electron chi connectivity index (χ2n) is 14.2. The van der Waals surface area contributed by atoms with E-state index in [1.807, 2.05) is 30.3 Å². The van der Waals surface area contributed by atoms with E-state index in [2.05, 4.69) is 15.9 Å². The SMILES string of the molecule is CC(=O)CCc1cc2c(c(Cl)c1OC(=O)C(C)(C)C)Oc1cc(OC(=O)C(C)(C)C)c3ccccc3c1C21OC(=O)c2ccc(Br)cc21. The lowest BCUT2D eigenvalue weighted by Gasteiger charge is -2.38. The maximum Gasteiger partial charge on any atom is 0.340 e. The Morgan fingerprint density at radius 2 is 1.52 bits per heavy atom. The molecule has 10 heteroatoms. The molecule has 0 amide bonds. The van der Waals surface area contributed by atoms with Gasteiger partial charge in [0.25, 0.3) is 0 Å². The fourth-order valence-corrected chi connectivity index (χ4v) is 6.51. The van der Waals surface area contributed by atoms with E-state index in [0.717, 1.165) is 0 Å². The van der Waals surface area contributed by atoms with E-state index in [1.54, 1.807) is 65.8 Å². The Morgan fingerprint density at radius 3 is 2.17 bits per heavy atom. The van der Waals surface area contributed by atoms with Crippen LogP contribution in [0.4, 0.5) is 0 Å². The van der Waals surface area contributed by atoms with Crippen molar-refractivity contribution in [2.24, 2.45) is 10.8 Å². The first kappa shape index (κ1) is 33.7. The fraction of sp³-hybridized carbons (Fsp3) is 0.316. The van der Waals surface area contributed by atoms with Crippen molar-refractivity contribution in [2.45, 2.75) is 66.9 Å². The average Bonchev–Trinajstić information content (AvgIpc) is 3.28. The van der Waals surface area contributed by atoms with Crippen molar-refractivity contribution in [2.75, 3.05) is 0 Å². The number of carbonyl (C=O) groups excluding carboxylic acids is 4. The van der Waals surface area contributed by atoms with E-state index in [9.17, 15) is 19.2 Å². The molecule has 1 unspecified atom stereocenters. The highest BCUT2D eigenvalue weighted by Crippen LogP contribution is 2.62. The van der Waals surface area contributed by atoms with Gasteiger partial charge in [0.1, 0.15) is 22.3 Å². The minimum atomic E-state index is -1.59. The van der Waals surface area contributed by atoms with Crippen LogP contribution in [0.1, 0.15) is 87.5 Å². The van der Waals surface area contributed by atoms with Gasteiger partial charge in [-0.3, -0.25) is 9.59 Å². The molecule has 0 aliphatic carbocycles. The van der Waals surface area contributed by atoms with Crippen LogP contribution in [0.25, 0.3) is 10.8 Å². The first-order chi connectivity index (χ1) is 22.4. The molecule has 2 aliphatic heterocycles. The quantitative estimate of drug-likeness (QED) is 0.148. The average molecular weight is 734 g/mol. The third-order valence-corrected chi connectivity index (χ3v) is 9.20. The fourth-order valence-electron chi connectivity index (χ4n) is 5.85. The number of carbonyl (C=O) groups is 4. The molecule has 48 heavy (non-hydrogen) atoms. The summed E-state index contributed by atoms with van der Waals surface area (Å²) in [5.74, 6) is -1.01. The molecule has 0 radical (unpaired) electrons. The van der Waals surface area contributed by atoms with E-state index in [-0.39, 0.29) is 46.6 Å². The van der Waals surface area contributed by atoms with Crippen molar-refractivity contribution >= 4 is 62.0 Å². The van der Waals surface area contributed by atoms with Crippen LogP contribution in [0.15, 0.2) is 59.1 Å². The van der Waals surface area contributed by atoms with E-state index in [1.165, 1.54) is 6.92 Å². The Bertz CT molecular complexity index is 2070. The van der Waals surface area contributed by atoms with Gasteiger partial charge in [0.15, 0.2) is 17.1 Å². The zero-order chi connectivity index (χ0) is 34.9. The van der Waals surface area contributed by atoms with Crippen LogP contribution in [0.2, 0.25) is 5.02 Å². The number of benzene rings is 4. The van der Waals surface area contributed by atoms with Gasteiger partial charge in [-0.2, -0.15) is 0 Å². The van der Waals surface area contributed by atoms with E-state index in [0.29, 0.717) is 43.1 Å². The lowest BCUT2D eigenvalue weighted by molar-refractivity contribution is -0.143. The lowest BCUT2D eigenvalue weighted by atomic mass is 9.75. The molecule has 4 aromatic carbocycles. The molecule has 1 atom stereocenters. The van der Waals surface area contributed by atoms with Gasteiger partial charge in [-0.25, -0.2) is 4.79 Å². The number of Topliss-reactive ketones (excluding diaryl/α,β-unsaturated/α-hetero) is 1. The molecule has 2 aliphatic rings. The summed E-state index contributed by atoms with van der Waals surface area (Å²) in [4.78, 5) is 52.3. The predicted octanol–water partition coefficient (Wildman–Crippen LogP) is 9.25. The van der Waals surface area contributed by atoms with Gasteiger partial charge in [-0.15, -0.1) is 0 Å². The molecule has 248 valence electrons. The summed E-state index contributed by atoms with van der Waals surface area (Å²) in [5, 5.41) is 1.18. The first-order valence-electron chi connectivity index (χ1n) is 15.5. The number of ether oxygens (including phenoxy) is 4. The molecule has 8 nitrogen and oxygen atoms in total. The van der Waals surface area contributed by atoms with Gasteiger partial charge >= 0.3 is 17.9 Å². The van der Waals surface area contributed by atoms with E-state index in [4.69, 9.17) is 30.5 Å². The van der Waals surface area contributed by atoms with Gasteiger partial charge in [-0.05, 0) is 90.1 Å². The van der Waals surface area contributed by atoms with Gasteiger partial charge in [0, 0.05) is 33.5 Å². The van der Waals surface area contributed by atoms with Crippen molar-refractivity contribution in [1.29, 1.82) is 0 Å². The highest BCUT2D eigenvalue weighted by atomic mass is 79.9. The van der Waals surface area contributed by atoms with E-state index < -0.39 is 34.3 Å². The summed E-state index contributed by atoms with van der Waals surface area (Å²) in [6, 6.07) is 15.9. The Morgan fingerprint density at radius 1 is 0.875 bits per heavy atom. The van der Waals surface area contributed by atoms with Gasteiger partial charge in [-0.1, -0.05) is 51.8 Å². The second kappa shape index (κ2) is 11.7. The highest BCUT2D eigenvalue weighted by molar-refractivity contribution is 9.10. The Labute approximate surface area is 291 Å². The maximum absolute atomic E-state index is 13.7. The summed E-state index contributed by atoms with van der Waals surface area (Å²) < 4.78 is 25.7. The minimum Gasteiger partial charge on any atom is -0.455 e. The smallest absolute Gasteiger partial charge is 0.340 e. The minimum absolute atomic E-state index is 0.0328.